The molecule has 0 aliphatic carbocycles. The van der Waals surface area contributed by atoms with Gasteiger partial charge in [-0.1, -0.05) is 17.3 Å². The number of aryl methyl sites for hydroxylation is 3. The van der Waals surface area contributed by atoms with E-state index in [0.29, 0.717) is 18.3 Å². The molecule has 0 unspecified atom stereocenters. The Hall–Kier alpha value is -2.57. The molecule has 130 valence electrons. The fourth-order valence-electron chi connectivity index (χ4n) is 2.29. The molecule has 0 saturated carbocycles. The Balaban J connectivity index is 1.76. The predicted molar refractivity (Wildman–Crippen MR) is 93.3 cm³/mol. The molecule has 0 saturated heterocycles. The Bertz CT molecular complexity index is 681. The molecule has 0 amide bonds. The van der Waals surface area contributed by atoms with E-state index in [1.54, 1.807) is 14.2 Å². The minimum atomic E-state index is 0.645. The second-order valence-corrected chi connectivity index (χ2v) is 5.51. The number of aliphatic imine (C=N–C) groups is 1. The van der Waals surface area contributed by atoms with Gasteiger partial charge in [-0.2, -0.15) is 4.98 Å². The van der Waals surface area contributed by atoms with Crippen LogP contribution in [-0.2, 0) is 13.0 Å². The van der Waals surface area contributed by atoms with Crippen molar-refractivity contribution in [3.63, 3.8) is 0 Å². The van der Waals surface area contributed by atoms with E-state index in [1.807, 2.05) is 19.9 Å². The highest BCUT2D eigenvalue weighted by Crippen LogP contribution is 2.19. The molecule has 0 aliphatic rings. The topological polar surface area (TPSA) is 84.6 Å². The van der Waals surface area contributed by atoms with Crippen LogP contribution in [0.2, 0.25) is 0 Å². The normalized spacial score (nSPS) is 11.4. The minimum absolute atomic E-state index is 0.645. The predicted octanol–water partition coefficient (Wildman–Crippen LogP) is 1.99. The average Bonchev–Trinajstić information content (AvgIpc) is 3.00. The summed E-state index contributed by atoms with van der Waals surface area (Å²) in [5.74, 6) is 2.97. The third kappa shape index (κ3) is 5.26. The van der Waals surface area contributed by atoms with Gasteiger partial charge in [-0.05, 0) is 31.9 Å². The van der Waals surface area contributed by atoms with Crippen molar-refractivity contribution in [2.75, 3.05) is 20.7 Å². The van der Waals surface area contributed by atoms with Crippen LogP contribution >= 0.6 is 0 Å². The van der Waals surface area contributed by atoms with Gasteiger partial charge in [0.15, 0.2) is 11.8 Å². The monoisotopic (exact) mass is 331 g/mol. The van der Waals surface area contributed by atoms with E-state index in [4.69, 9.17) is 9.26 Å². The number of guanidine groups is 1. The van der Waals surface area contributed by atoms with Crippen LogP contribution in [0.3, 0.4) is 0 Å². The highest BCUT2D eigenvalue weighted by molar-refractivity contribution is 5.79. The van der Waals surface area contributed by atoms with Crippen molar-refractivity contribution in [1.29, 1.82) is 0 Å². The highest BCUT2D eigenvalue weighted by atomic mass is 16.5. The van der Waals surface area contributed by atoms with Gasteiger partial charge in [-0.15, -0.1) is 0 Å². The molecule has 0 aliphatic heterocycles. The summed E-state index contributed by atoms with van der Waals surface area (Å²) in [6, 6.07) is 6.16. The zero-order chi connectivity index (χ0) is 17.4. The number of ether oxygens (including phenoxy) is 1. The molecule has 0 bridgehead atoms. The Morgan fingerprint density at radius 2 is 2.12 bits per heavy atom. The summed E-state index contributed by atoms with van der Waals surface area (Å²) in [6.07, 6.45) is 1.63. The van der Waals surface area contributed by atoms with Crippen LogP contribution in [0.15, 0.2) is 27.7 Å². The second kappa shape index (κ2) is 8.90. The smallest absolute Gasteiger partial charge is 0.226 e. The quantitative estimate of drug-likeness (QED) is 0.458. The first-order chi connectivity index (χ1) is 11.6. The van der Waals surface area contributed by atoms with Gasteiger partial charge >= 0.3 is 0 Å². The van der Waals surface area contributed by atoms with Crippen molar-refractivity contribution in [3.8, 4) is 5.75 Å². The van der Waals surface area contributed by atoms with E-state index in [9.17, 15) is 0 Å². The highest BCUT2D eigenvalue weighted by Gasteiger charge is 2.05. The third-order valence-electron chi connectivity index (χ3n) is 3.54. The SMILES string of the molecule is CN=C(NCCCc1nc(C)no1)NCc1ccc(C)cc1OC. The zero-order valence-corrected chi connectivity index (χ0v) is 14.7. The number of hydrogen-bond acceptors (Lipinski definition) is 5. The number of rotatable bonds is 7. The number of hydrogen-bond donors (Lipinski definition) is 2. The molecule has 1 aromatic carbocycles. The summed E-state index contributed by atoms with van der Waals surface area (Å²) < 4.78 is 10.5. The molecule has 2 aromatic rings. The lowest BCUT2D eigenvalue weighted by Crippen LogP contribution is -2.37. The van der Waals surface area contributed by atoms with Gasteiger partial charge in [-0.3, -0.25) is 4.99 Å². The lowest BCUT2D eigenvalue weighted by Gasteiger charge is -2.14. The summed E-state index contributed by atoms with van der Waals surface area (Å²) in [5, 5.41) is 10.3. The van der Waals surface area contributed by atoms with Gasteiger partial charge in [0.05, 0.1) is 7.11 Å². The van der Waals surface area contributed by atoms with Gasteiger partial charge in [0.1, 0.15) is 5.75 Å². The molecule has 1 aromatic heterocycles. The summed E-state index contributed by atoms with van der Waals surface area (Å²) in [6.45, 7) is 5.28. The van der Waals surface area contributed by atoms with E-state index < -0.39 is 0 Å². The van der Waals surface area contributed by atoms with Crippen molar-refractivity contribution in [2.24, 2.45) is 4.99 Å². The molecular weight excluding hydrogens is 306 g/mol. The molecule has 2 rings (SSSR count). The Kier molecular flexibility index (Phi) is 6.60. The maximum Gasteiger partial charge on any atom is 0.226 e. The van der Waals surface area contributed by atoms with E-state index in [1.165, 1.54) is 5.56 Å². The molecule has 0 atom stereocenters. The van der Waals surface area contributed by atoms with Crippen molar-refractivity contribution in [1.82, 2.24) is 20.8 Å². The molecule has 7 nitrogen and oxygen atoms in total. The van der Waals surface area contributed by atoms with E-state index in [0.717, 1.165) is 36.7 Å². The first kappa shape index (κ1) is 17.8. The van der Waals surface area contributed by atoms with E-state index in [2.05, 4.69) is 37.9 Å². The van der Waals surface area contributed by atoms with Crippen LogP contribution in [0.25, 0.3) is 0 Å². The third-order valence-corrected chi connectivity index (χ3v) is 3.54. The van der Waals surface area contributed by atoms with Crippen LogP contribution in [0.4, 0.5) is 0 Å². The van der Waals surface area contributed by atoms with E-state index >= 15 is 0 Å². The first-order valence-corrected chi connectivity index (χ1v) is 7.99. The molecule has 0 spiro atoms. The molecule has 0 radical (unpaired) electrons. The van der Waals surface area contributed by atoms with E-state index in [-0.39, 0.29) is 0 Å². The molecule has 0 fully saturated rings. The lowest BCUT2D eigenvalue weighted by molar-refractivity contribution is 0.372. The van der Waals surface area contributed by atoms with Gasteiger partial charge in [-0.25, -0.2) is 0 Å². The maximum atomic E-state index is 5.42. The minimum Gasteiger partial charge on any atom is -0.496 e. The van der Waals surface area contributed by atoms with Crippen LogP contribution < -0.4 is 15.4 Å². The number of aromatic nitrogens is 2. The summed E-state index contributed by atoms with van der Waals surface area (Å²) in [7, 11) is 3.44. The Morgan fingerprint density at radius 3 is 2.79 bits per heavy atom. The average molecular weight is 331 g/mol. The zero-order valence-electron chi connectivity index (χ0n) is 14.7. The van der Waals surface area contributed by atoms with Crippen LogP contribution in [0, 0.1) is 13.8 Å². The summed E-state index contributed by atoms with van der Waals surface area (Å²) >= 11 is 0. The van der Waals surface area contributed by atoms with Gasteiger partial charge < -0.3 is 19.9 Å². The van der Waals surface area contributed by atoms with Crippen LogP contribution in [0.5, 0.6) is 5.75 Å². The molecule has 2 N–H and O–H groups in total. The second-order valence-electron chi connectivity index (χ2n) is 5.51. The molecule has 7 heteroatoms. The first-order valence-electron chi connectivity index (χ1n) is 7.99. The molecular formula is C17H25N5O2. The van der Waals surface area contributed by atoms with Crippen molar-refractivity contribution < 1.29 is 9.26 Å². The fourth-order valence-corrected chi connectivity index (χ4v) is 2.29. The number of nitrogens with one attached hydrogen (secondary N) is 2. The standard InChI is InChI=1S/C17H25N5O2/c1-12-7-8-14(15(10-12)23-4)11-20-17(18-3)19-9-5-6-16-21-13(2)22-24-16/h7-8,10H,5-6,9,11H2,1-4H3,(H2,18,19,20). The number of benzene rings is 1. The van der Waals surface area contributed by atoms with Gasteiger partial charge in [0.2, 0.25) is 5.89 Å². The van der Waals surface area contributed by atoms with Crippen LogP contribution in [0.1, 0.15) is 29.3 Å². The van der Waals surface area contributed by atoms with Crippen LogP contribution in [-0.4, -0.2) is 36.8 Å². The van der Waals surface area contributed by atoms with Gasteiger partial charge in [0, 0.05) is 32.1 Å². The van der Waals surface area contributed by atoms with Gasteiger partial charge in [0.25, 0.3) is 0 Å². The Morgan fingerprint density at radius 1 is 1.29 bits per heavy atom. The summed E-state index contributed by atoms with van der Waals surface area (Å²) in [5.41, 5.74) is 2.27. The Labute approximate surface area is 142 Å². The maximum absolute atomic E-state index is 5.42. The van der Waals surface area contributed by atoms with Crippen molar-refractivity contribution in [2.45, 2.75) is 33.2 Å². The lowest BCUT2D eigenvalue weighted by atomic mass is 10.1. The molecule has 1 heterocycles. The van der Waals surface area contributed by atoms with Crippen molar-refractivity contribution >= 4 is 5.96 Å². The fraction of sp³-hybridized carbons (Fsp3) is 0.471. The summed E-state index contributed by atoms with van der Waals surface area (Å²) in [4.78, 5) is 8.41. The number of nitrogens with zero attached hydrogens (tertiary/aromatic N) is 3. The largest absolute Gasteiger partial charge is 0.496 e. The number of methoxy groups -OCH3 is 1. The molecule has 24 heavy (non-hydrogen) atoms. The van der Waals surface area contributed by atoms with Crippen molar-refractivity contribution in [3.05, 3.63) is 41.0 Å².